The minimum absolute atomic E-state index is 0.291. The van der Waals surface area contributed by atoms with E-state index in [4.69, 9.17) is 16.3 Å². The van der Waals surface area contributed by atoms with Gasteiger partial charge in [0.25, 0.3) is 5.91 Å². The van der Waals surface area contributed by atoms with Crippen molar-refractivity contribution >= 4 is 34.2 Å². The highest BCUT2D eigenvalue weighted by atomic mass is 35.5. The summed E-state index contributed by atoms with van der Waals surface area (Å²) in [5.74, 6) is 0.216. The van der Waals surface area contributed by atoms with E-state index in [0.717, 1.165) is 0 Å². The molecule has 1 amide bonds. The molecule has 0 bridgehead atoms. The van der Waals surface area contributed by atoms with Crippen LogP contribution in [0.15, 0.2) is 47.3 Å². The predicted molar refractivity (Wildman–Crippen MR) is 89.1 cm³/mol. The van der Waals surface area contributed by atoms with Crippen molar-refractivity contribution in [3.63, 3.8) is 0 Å². The fourth-order valence-corrected chi connectivity index (χ4v) is 2.33. The van der Waals surface area contributed by atoms with Crippen molar-refractivity contribution in [2.45, 2.75) is 13.0 Å². The third kappa shape index (κ3) is 3.54. The van der Waals surface area contributed by atoms with E-state index in [-0.39, 0.29) is 11.6 Å². The maximum absolute atomic E-state index is 12.2. The first-order valence-electron chi connectivity index (χ1n) is 6.96. The van der Waals surface area contributed by atoms with Gasteiger partial charge in [0, 0.05) is 10.7 Å². The molecule has 3 aromatic rings. The lowest BCUT2D eigenvalue weighted by atomic mass is 10.2. The Morgan fingerprint density at radius 2 is 1.96 bits per heavy atom. The van der Waals surface area contributed by atoms with Crippen LogP contribution in [0.4, 0.5) is 5.69 Å². The molecule has 0 unspecified atom stereocenters. The Labute approximate surface area is 136 Å². The Morgan fingerprint density at radius 3 is 2.74 bits per heavy atom. The van der Waals surface area contributed by atoms with E-state index < -0.39 is 6.10 Å². The Balaban J connectivity index is 1.70. The van der Waals surface area contributed by atoms with Crippen LogP contribution in [0.3, 0.4) is 0 Å². The Morgan fingerprint density at radius 1 is 1.17 bits per heavy atom. The first-order valence-corrected chi connectivity index (χ1v) is 7.34. The number of nitrogens with one attached hydrogen (secondary N) is 3. The topological polar surface area (TPSA) is 87.0 Å². The number of carbonyl (C=O) groups excluding carboxylic acids is 1. The van der Waals surface area contributed by atoms with Gasteiger partial charge in [-0.15, -0.1) is 0 Å². The fraction of sp³-hybridized carbons (Fsp3) is 0.125. The van der Waals surface area contributed by atoms with Gasteiger partial charge in [-0.05, 0) is 43.3 Å². The summed E-state index contributed by atoms with van der Waals surface area (Å²) in [5.41, 5.74) is 1.58. The molecule has 3 N–H and O–H groups in total. The smallest absolute Gasteiger partial charge is 0.323 e. The number of H-pyrrole nitrogens is 2. The van der Waals surface area contributed by atoms with Crippen molar-refractivity contribution in [3.8, 4) is 5.75 Å². The summed E-state index contributed by atoms with van der Waals surface area (Å²) in [4.78, 5) is 28.7. The third-order valence-electron chi connectivity index (χ3n) is 3.26. The summed E-state index contributed by atoms with van der Waals surface area (Å²) in [7, 11) is 0. The highest BCUT2D eigenvalue weighted by molar-refractivity contribution is 6.30. The number of hydrogen-bond acceptors (Lipinski definition) is 3. The van der Waals surface area contributed by atoms with Gasteiger partial charge in [-0.25, -0.2) is 4.79 Å². The lowest BCUT2D eigenvalue weighted by Crippen LogP contribution is -2.30. The highest BCUT2D eigenvalue weighted by Gasteiger charge is 2.15. The van der Waals surface area contributed by atoms with Crippen LogP contribution < -0.4 is 15.7 Å². The average Bonchev–Trinajstić information content (AvgIpc) is 2.86. The largest absolute Gasteiger partial charge is 0.481 e. The van der Waals surface area contributed by atoms with Gasteiger partial charge in [-0.3, -0.25) is 4.79 Å². The summed E-state index contributed by atoms with van der Waals surface area (Å²) >= 11 is 5.88. The first kappa shape index (κ1) is 15.2. The molecule has 2 aromatic carbocycles. The van der Waals surface area contributed by atoms with Gasteiger partial charge in [0.15, 0.2) is 6.10 Å². The van der Waals surface area contributed by atoms with E-state index in [9.17, 15) is 9.59 Å². The molecule has 0 aliphatic carbocycles. The molecular formula is C16H14ClN3O3. The van der Waals surface area contributed by atoms with Gasteiger partial charge >= 0.3 is 5.69 Å². The van der Waals surface area contributed by atoms with Crippen LogP contribution in [-0.4, -0.2) is 22.0 Å². The average molecular weight is 332 g/mol. The molecule has 23 heavy (non-hydrogen) atoms. The second-order valence-electron chi connectivity index (χ2n) is 5.05. The van der Waals surface area contributed by atoms with E-state index >= 15 is 0 Å². The lowest BCUT2D eigenvalue weighted by molar-refractivity contribution is -0.122. The van der Waals surface area contributed by atoms with Crippen LogP contribution in [0.25, 0.3) is 11.0 Å². The number of carbonyl (C=O) groups is 1. The number of anilines is 1. The number of fused-ring (bicyclic) bond motifs is 1. The zero-order chi connectivity index (χ0) is 16.4. The molecule has 7 heteroatoms. The molecule has 3 rings (SSSR count). The molecule has 0 aliphatic heterocycles. The zero-order valence-corrected chi connectivity index (χ0v) is 13.0. The van der Waals surface area contributed by atoms with Crippen molar-refractivity contribution in [3.05, 3.63) is 58.0 Å². The maximum Gasteiger partial charge on any atom is 0.323 e. The zero-order valence-electron chi connectivity index (χ0n) is 12.2. The minimum Gasteiger partial charge on any atom is -0.481 e. The van der Waals surface area contributed by atoms with Crippen LogP contribution in [0.2, 0.25) is 5.02 Å². The number of benzene rings is 2. The van der Waals surface area contributed by atoms with Crippen LogP contribution in [-0.2, 0) is 4.79 Å². The molecule has 0 saturated heterocycles. The van der Waals surface area contributed by atoms with Gasteiger partial charge in [0.1, 0.15) is 5.75 Å². The van der Waals surface area contributed by atoms with Crippen molar-refractivity contribution in [2.24, 2.45) is 0 Å². The Hall–Kier alpha value is -2.73. The van der Waals surface area contributed by atoms with Gasteiger partial charge in [-0.2, -0.15) is 0 Å². The molecule has 0 fully saturated rings. The second-order valence-corrected chi connectivity index (χ2v) is 5.48. The molecule has 1 atom stereocenters. The molecular weight excluding hydrogens is 318 g/mol. The van der Waals surface area contributed by atoms with Crippen molar-refractivity contribution < 1.29 is 9.53 Å². The number of aromatic nitrogens is 2. The van der Waals surface area contributed by atoms with Crippen LogP contribution >= 0.6 is 11.6 Å². The normalized spacial score (nSPS) is 12.1. The molecule has 1 heterocycles. The maximum atomic E-state index is 12.2. The molecule has 1 aromatic heterocycles. The van der Waals surface area contributed by atoms with Crippen LogP contribution in [0, 0.1) is 0 Å². The predicted octanol–water partition coefficient (Wildman–Crippen LogP) is 2.92. The summed E-state index contributed by atoms with van der Waals surface area (Å²) in [6.45, 7) is 1.65. The number of imidazole rings is 1. The number of aromatic amines is 2. The summed E-state index contributed by atoms with van der Waals surface area (Å²) in [6, 6.07) is 11.9. The number of halogens is 1. The number of amides is 1. The minimum atomic E-state index is -0.700. The molecule has 118 valence electrons. The number of rotatable bonds is 4. The van der Waals surface area contributed by atoms with Gasteiger partial charge in [0.05, 0.1) is 11.0 Å². The van der Waals surface area contributed by atoms with Crippen molar-refractivity contribution in [2.75, 3.05) is 5.32 Å². The van der Waals surface area contributed by atoms with E-state index in [1.54, 1.807) is 49.4 Å². The first-order chi connectivity index (χ1) is 11.0. The Kier molecular flexibility index (Phi) is 4.08. The highest BCUT2D eigenvalue weighted by Crippen LogP contribution is 2.19. The van der Waals surface area contributed by atoms with E-state index in [0.29, 0.717) is 27.5 Å². The van der Waals surface area contributed by atoms with E-state index in [1.807, 2.05) is 0 Å². The summed E-state index contributed by atoms with van der Waals surface area (Å²) < 4.78 is 5.56. The van der Waals surface area contributed by atoms with Crippen molar-refractivity contribution in [1.29, 1.82) is 0 Å². The standard InChI is InChI=1S/C16H14ClN3O3/c1-9(23-12-4-2-3-10(17)7-12)15(21)18-11-5-6-13-14(8-11)20-16(22)19-13/h2-9H,1H3,(H,18,21)(H2,19,20,22)/t9-/m0/s1. The van der Waals surface area contributed by atoms with Gasteiger partial charge in [-0.1, -0.05) is 17.7 Å². The van der Waals surface area contributed by atoms with E-state index in [1.165, 1.54) is 0 Å². The quantitative estimate of drug-likeness (QED) is 0.687. The van der Waals surface area contributed by atoms with E-state index in [2.05, 4.69) is 15.3 Å². The van der Waals surface area contributed by atoms with Crippen LogP contribution in [0.1, 0.15) is 6.92 Å². The van der Waals surface area contributed by atoms with Crippen molar-refractivity contribution in [1.82, 2.24) is 9.97 Å². The SMILES string of the molecule is C[C@H](Oc1cccc(Cl)c1)C(=O)Nc1ccc2[nH]c(=O)[nH]c2c1. The molecule has 0 radical (unpaired) electrons. The molecule has 0 aliphatic rings. The lowest BCUT2D eigenvalue weighted by Gasteiger charge is -2.15. The third-order valence-corrected chi connectivity index (χ3v) is 3.50. The molecule has 0 saturated carbocycles. The van der Waals surface area contributed by atoms with Gasteiger partial charge < -0.3 is 20.0 Å². The molecule has 0 spiro atoms. The fourth-order valence-electron chi connectivity index (χ4n) is 2.15. The monoisotopic (exact) mass is 331 g/mol. The number of hydrogen-bond donors (Lipinski definition) is 3. The number of ether oxygens (including phenoxy) is 1. The molecule has 6 nitrogen and oxygen atoms in total. The van der Waals surface area contributed by atoms with Crippen LogP contribution in [0.5, 0.6) is 5.75 Å². The summed E-state index contributed by atoms with van der Waals surface area (Å²) in [6.07, 6.45) is -0.700. The second kappa shape index (κ2) is 6.18. The van der Waals surface area contributed by atoms with Gasteiger partial charge in [0.2, 0.25) is 0 Å². The summed E-state index contributed by atoms with van der Waals surface area (Å²) in [5, 5.41) is 3.28. The Bertz CT molecular complexity index is 916.